The number of benzene rings is 6. The molecule has 0 aliphatic carbocycles. The van der Waals surface area contributed by atoms with E-state index < -0.39 is 0 Å². The van der Waals surface area contributed by atoms with Gasteiger partial charge < -0.3 is 13.7 Å². The molecule has 39 heavy (non-hydrogen) atoms. The second-order valence-electron chi connectivity index (χ2n) is 9.78. The maximum atomic E-state index is 6.52. The van der Waals surface area contributed by atoms with E-state index in [1.807, 2.05) is 24.3 Å². The van der Waals surface area contributed by atoms with Gasteiger partial charge in [0.05, 0.1) is 0 Å². The van der Waals surface area contributed by atoms with Gasteiger partial charge in [-0.15, -0.1) is 0 Å². The third-order valence-corrected chi connectivity index (χ3v) is 7.44. The number of fused-ring (bicyclic) bond motifs is 6. The van der Waals surface area contributed by atoms with Crippen LogP contribution in [0.3, 0.4) is 0 Å². The molecular formula is C36H23NO2. The van der Waals surface area contributed by atoms with Crippen LogP contribution in [-0.4, -0.2) is 0 Å². The van der Waals surface area contributed by atoms with Crippen LogP contribution >= 0.6 is 0 Å². The van der Waals surface area contributed by atoms with Gasteiger partial charge in [0.2, 0.25) is 0 Å². The molecule has 0 bridgehead atoms. The summed E-state index contributed by atoms with van der Waals surface area (Å²) < 4.78 is 12.9. The minimum Gasteiger partial charge on any atom is -0.456 e. The fraction of sp³-hybridized carbons (Fsp3) is 0. The highest BCUT2D eigenvalue weighted by Crippen LogP contribution is 2.42. The fourth-order valence-electron chi connectivity index (χ4n) is 5.68. The Balaban J connectivity index is 1.33. The molecule has 3 nitrogen and oxygen atoms in total. The fourth-order valence-corrected chi connectivity index (χ4v) is 5.68. The van der Waals surface area contributed by atoms with Crippen LogP contribution in [0.15, 0.2) is 148 Å². The number of para-hydroxylation sites is 2. The molecule has 0 amide bonds. The van der Waals surface area contributed by atoms with E-state index in [-0.39, 0.29) is 0 Å². The van der Waals surface area contributed by atoms with Crippen molar-refractivity contribution in [3.05, 3.63) is 140 Å². The molecular weight excluding hydrogens is 478 g/mol. The summed E-state index contributed by atoms with van der Waals surface area (Å²) in [6.45, 7) is 0. The minimum absolute atomic E-state index is 0.847. The van der Waals surface area contributed by atoms with E-state index in [2.05, 4.69) is 120 Å². The predicted octanol–water partition coefficient (Wildman–Crippen LogP) is 10.6. The lowest BCUT2D eigenvalue weighted by Crippen LogP contribution is -2.09. The first-order valence-electron chi connectivity index (χ1n) is 13.1. The van der Waals surface area contributed by atoms with Crippen LogP contribution in [0.5, 0.6) is 0 Å². The summed E-state index contributed by atoms with van der Waals surface area (Å²) in [7, 11) is 0. The molecule has 0 spiro atoms. The molecule has 0 aliphatic rings. The number of furan rings is 2. The zero-order chi connectivity index (χ0) is 25.8. The number of rotatable bonds is 4. The van der Waals surface area contributed by atoms with Crippen molar-refractivity contribution in [3.63, 3.8) is 0 Å². The molecule has 2 heterocycles. The average Bonchev–Trinajstić information content (AvgIpc) is 3.54. The lowest BCUT2D eigenvalue weighted by atomic mass is 9.99. The van der Waals surface area contributed by atoms with Gasteiger partial charge in [0.1, 0.15) is 22.3 Å². The van der Waals surface area contributed by atoms with Crippen molar-refractivity contribution in [3.8, 4) is 11.1 Å². The van der Waals surface area contributed by atoms with E-state index in [1.165, 1.54) is 5.56 Å². The first-order valence-corrected chi connectivity index (χ1v) is 13.1. The quantitative estimate of drug-likeness (QED) is 0.240. The molecule has 0 fully saturated rings. The van der Waals surface area contributed by atoms with Crippen LogP contribution < -0.4 is 4.90 Å². The van der Waals surface area contributed by atoms with Crippen LogP contribution in [0.2, 0.25) is 0 Å². The van der Waals surface area contributed by atoms with Crippen molar-refractivity contribution in [1.29, 1.82) is 0 Å². The molecule has 3 heteroatoms. The highest BCUT2D eigenvalue weighted by Gasteiger charge is 2.18. The Morgan fingerprint density at radius 1 is 0.385 bits per heavy atom. The van der Waals surface area contributed by atoms with Crippen LogP contribution in [0.1, 0.15) is 0 Å². The van der Waals surface area contributed by atoms with E-state index in [1.54, 1.807) is 0 Å². The maximum absolute atomic E-state index is 6.52. The summed E-state index contributed by atoms with van der Waals surface area (Å²) in [5.41, 5.74) is 9.00. The molecule has 0 unspecified atom stereocenters. The number of anilines is 3. The first-order chi connectivity index (χ1) is 19.3. The number of hydrogen-bond donors (Lipinski definition) is 0. The molecule has 2 aromatic heterocycles. The molecule has 8 rings (SSSR count). The predicted molar refractivity (Wildman–Crippen MR) is 161 cm³/mol. The summed E-state index contributed by atoms with van der Waals surface area (Å²) in [5.74, 6) is 0. The lowest BCUT2D eigenvalue weighted by molar-refractivity contribution is 0.664. The third kappa shape index (κ3) is 3.52. The van der Waals surface area contributed by atoms with E-state index in [0.29, 0.717) is 0 Å². The number of nitrogens with zero attached hydrogens (tertiary/aromatic N) is 1. The molecule has 0 saturated carbocycles. The van der Waals surface area contributed by atoms with Gasteiger partial charge in [-0.05, 0) is 65.7 Å². The molecule has 184 valence electrons. The van der Waals surface area contributed by atoms with E-state index in [4.69, 9.17) is 8.83 Å². The molecule has 0 aliphatic heterocycles. The largest absolute Gasteiger partial charge is 0.456 e. The van der Waals surface area contributed by atoms with Gasteiger partial charge >= 0.3 is 0 Å². The Morgan fingerprint density at radius 3 is 1.69 bits per heavy atom. The molecule has 0 saturated heterocycles. The standard InChI is InChI=1S/C36H23NO2/c1-4-11-24(12-5-1)28-17-10-18-32-36(28)31-23-34-30(22-35(31)38-32)29-20-19-27(21-33(29)39-34)37(25-13-6-2-7-14-25)26-15-8-3-9-16-26/h1-23H. The average molecular weight is 502 g/mol. The van der Waals surface area contributed by atoms with Crippen molar-refractivity contribution in [2.75, 3.05) is 4.90 Å². The molecule has 8 aromatic rings. The van der Waals surface area contributed by atoms with Crippen LogP contribution in [0.25, 0.3) is 55.0 Å². The topological polar surface area (TPSA) is 29.5 Å². The normalized spacial score (nSPS) is 11.6. The van der Waals surface area contributed by atoms with Gasteiger partial charge in [0, 0.05) is 44.7 Å². The maximum Gasteiger partial charge on any atom is 0.137 e. The van der Waals surface area contributed by atoms with Gasteiger partial charge in [0.25, 0.3) is 0 Å². The van der Waals surface area contributed by atoms with E-state index >= 15 is 0 Å². The Bertz CT molecular complexity index is 2070. The summed E-state index contributed by atoms with van der Waals surface area (Å²) >= 11 is 0. The van der Waals surface area contributed by atoms with E-state index in [0.717, 1.165) is 66.5 Å². The van der Waals surface area contributed by atoms with Crippen molar-refractivity contribution in [2.24, 2.45) is 0 Å². The van der Waals surface area contributed by atoms with E-state index in [9.17, 15) is 0 Å². The Hall–Kier alpha value is -5.28. The Kier molecular flexibility index (Phi) is 4.82. The summed E-state index contributed by atoms with van der Waals surface area (Å²) in [6.07, 6.45) is 0. The van der Waals surface area contributed by atoms with Crippen molar-refractivity contribution in [1.82, 2.24) is 0 Å². The van der Waals surface area contributed by atoms with Gasteiger partial charge in [-0.3, -0.25) is 0 Å². The van der Waals surface area contributed by atoms with Gasteiger partial charge in [-0.25, -0.2) is 0 Å². The highest BCUT2D eigenvalue weighted by molar-refractivity contribution is 6.18. The summed E-state index contributed by atoms with van der Waals surface area (Å²) in [6, 6.07) is 48.2. The smallest absolute Gasteiger partial charge is 0.137 e. The Labute approximate surface area is 225 Å². The molecule has 0 N–H and O–H groups in total. The zero-order valence-electron chi connectivity index (χ0n) is 21.0. The van der Waals surface area contributed by atoms with Crippen LogP contribution in [-0.2, 0) is 0 Å². The Morgan fingerprint density at radius 2 is 0.974 bits per heavy atom. The van der Waals surface area contributed by atoms with Crippen LogP contribution in [0.4, 0.5) is 17.1 Å². The minimum atomic E-state index is 0.847. The van der Waals surface area contributed by atoms with Crippen molar-refractivity contribution < 1.29 is 8.83 Å². The third-order valence-electron chi connectivity index (χ3n) is 7.44. The van der Waals surface area contributed by atoms with Crippen molar-refractivity contribution >= 4 is 60.9 Å². The summed E-state index contributed by atoms with van der Waals surface area (Å²) in [5, 5.41) is 4.29. The SMILES string of the molecule is c1ccc(-c2cccc3oc4cc5c(cc4c23)oc2cc(N(c3ccccc3)c3ccccc3)ccc25)cc1. The molecule has 0 radical (unpaired) electrons. The second-order valence-corrected chi connectivity index (χ2v) is 9.78. The molecule has 6 aromatic carbocycles. The second kappa shape index (κ2) is 8.64. The highest BCUT2D eigenvalue weighted by atomic mass is 16.3. The molecule has 0 atom stereocenters. The lowest BCUT2D eigenvalue weighted by Gasteiger charge is -2.25. The zero-order valence-corrected chi connectivity index (χ0v) is 21.0. The van der Waals surface area contributed by atoms with Crippen LogP contribution in [0, 0.1) is 0 Å². The van der Waals surface area contributed by atoms with Gasteiger partial charge in [-0.1, -0.05) is 78.9 Å². The van der Waals surface area contributed by atoms with Crippen molar-refractivity contribution in [2.45, 2.75) is 0 Å². The van der Waals surface area contributed by atoms with Gasteiger partial charge in [-0.2, -0.15) is 0 Å². The van der Waals surface area contributed by atoms with Gasteiger partial charge in [0.15, 0.2) is 0 Å². The first kappa shape index (κ1) is 21.8. The summed E-state index contributed by atoms with van der Waals surface area (Å²) in [4.78, 5) is 2.25. The number of hydrogen-bond acceptors (Lipinski definition) is 3. The monoisotopic (exact) mass is 501 g/mol.